The molecular formula is C11H18N2O4. The van der Waals surface area contributed by atoms with Crippen molar-refractivity contribution in [3.63, 3.8) is 0 Å². The van der Waals surface area contributed by atoms with Crippen molar-refractivity contribution in [1.29, 1.82) is 0 Å². The molecular weight excluding hydrogens is 224 g/mol. The first-order chi connectivity index (χ1) is 8.17. The van der Waals surface area contributed by atoms with Crippen molar-refractivity contribution >= 4 is 5.91 Å². The van der Waals surface area contributed by atoms with Crippen molar-refractivity contribution in [2.75, 3.05) is 19.8 Å². The molecule has 6 nitrogen and oxygen atoms in total. The van der Waals surface area contributed by atoms with Gasteiger partial charge in [-0.25, -0.2) is 0 Å². The normalized spacial score (nSPS) is 10.8. The molecule has 0 atom stereocenters. The Bertz CT molecular complexity index is 345. The van der Waals surface area contributed by atoms with E-state index in [1.54, 1.807) is 13.0 Å². The number of carbonyl (C=O) groups excluding carboxylic acids is 1. The molecule has 1 amide bonds. The van der Waals surface area contributed by atoms with Gasteiger partial charge in [-0.2, -0.15) is 0 Å². The predicted octanol–water partition coefficient (Wildman–Crippen LogP) is 1.11. The highest BCUT2D eigenvalue weighted by Gasteiger charge is 2.14. The minimum Gasteiger partial charge on any atom is -0.351 e. The molecule has 0 fully saturated rings. The molecule has 0 aliphatic rings. The zero-order valence-electron chi connectivity index (χ0n) is 10.4. The van der Waals surface area contributed by atoms with Gasteiger partial charge in [-0.15, -0.1) is 0 Å². The van der Waals surface area contributed by atoms with Crippen LogP contribution in [0.1, 0.15) is 30.1 Å². The second kappa shape index (κ2) is 7.03. The molecule has 1 heterocycles. The maximum Gasteiger partial charge on any atom is 0.290 e. The Balaban J connectivity index is 2.40. The van der Waals surface area contributed by atoms with Crippen LogP contribution < -0.4 is 5.32 Å². The zero-order valence-corrected chi connectivity index (χ0v) is 10.4. The minimum absolute atomic E-state index is 0.189. The summed E-state index contributed by atoms with van der Waals surface area (Å²) in [6, 6.07) is 1.58. The summed E-state index contributed by atoms with van der Waals surface area (Å²) in [7, 11) is 0. The molecule has 0 radical (unpaired) electrons. The van der Waals surface area contributed by atoms with Gasteiger partial charge in [0, 0.05) is 19.3 Å². The Morgan fingerprint density at radius 2 is 2.12 bits per heavy atom. The van der Waals surface area contributed by atoms with Gasteiger partial charge >= 0.3 is 0 Å². The highest BCUT2D eigenvalue weighted by atomic mass is 16.7. The molecule has 0 aliphatic carbocycles. The van der Waals surface area contributed by atoms with Gasteiger partial charge in [-0.1, -0.05) is 5.16 Å². The van der Waals surface area contributed by atoms with E-state index < -0.39 is 6.29 Å². The van der Waals surface area contributed by atoms with E-state index >= 15 is 0 Å². The average molecular weight is 242 g/mol. The van der Waals surface area contributed by atoms with Gasteiger partial charge in [0.1, 0.15) is 0 Å². The number of nitrogens with zero attached hydrogens (tertiary/aromatic N) is 1. The first kappa shape index (κ1) is 13.7. The molecule has 0 unspecified atom stereocenters. The summed E-state index contributed by atoms with van der Waals surface area (Å²) in [6.07, 6.45) is -0.432. The topological polar surface area (TPSA) is 73.6 Å². The fourth-order valence-corrected chi connectivity index (χ4v) is 1.27. The molecule has 6 heteroatoms. The van der Waals surface area contributed by atoms with Gasteiger partial charge in [0.15, 0.2) is 6.29 Å². The number of carbonyl (C=O) groups is 1. The number of ether oxygens (including phenoxy) is 2. The van der Waals surface area contributed by atoms with Crippen LogP contribution in [0.2, 0.25) is 0 Å². The van der Waals surface area contributed by atoms with Crippen molar-refractivity contribution < 1.29 is 18.8 Å². The fraction of sp³-hybridized carbons (Fsp3) is 0.636. The highest BCUT2D eigenvalue weighted by Crippen LogP contribution is 2.02. The van der Waals surface area contributed by atoms with Crippen LogP contribution in [0.3, 0.4) is 0 Å². The van der Waals surface area contributed by atoms with E-state index in [0.717, 1.165) is 0 Å². The van der Waals surface area contributed by atoms with Gasteiger partial charge in [-0.05, 0) is 20.8 Å². The first-order valence-corrected chi connectivity index (χ1v) is 5.62. The van der Waals surface area contributed by atoms with Crippen molar-refractivity contribution in [2.45, 2.75) is 27.1 Å². The van der Waals surface area contributed by atoms with Gasteiger partial charge in [0.2, 0.25) is 5.76 Å². The Kier molecular flexibility index (Phi) is 5.65. The summed E-state index contributed by atoms with van der Waals surface area (Å²) >= 11 is 0. The van der Waals surface area contributed by atoms with Gasteiger partial charge in [0.05, 0.1) is 12.2 Å². The van der Waals surface area contributed by atoms with E-state index in [-0.39, 0.29) is 18.2 Å². The van der Waals surface area contributed by atoms with Crippen LogP contribution >= 0.6 is 0 Å². The lowest BCUT2D eigenvalue weighted by Crippen LogP contribution is -2.35. The second-order valence-electron chi connectivity index (χ2n) is 3.38. The molecule has 0 aliphatic heterocycles. The largest absolute Gasteiger partial charge is 0.351 e. The molecule has 1 aromatic heterocycles. The van der Waals surface area contributed by atoms with Crippen LogP contribution in [-0.2, 0) is 9.47 Å². The van der Waals surface area contributed by atoms with Crippen molar-refractivity contribution in [2.24, 2.45) is 0 Å². The number of nitrogens with one attached hydrogen (secondary N) is 1. The molecule has 1 aromatic rings. The lowest BCUT2D eigenvalue weighted by atomic mass is 10.3. The van der Waals surface area contributed by atoms with Crippen LogP contribution in [0.5, 0.6) is 0 Å². The third-order valence-corrected chi connectivity index (χ3v) is 1.99. The second-order valence-corrected chi connectivity index (χ2v) is 3.38. The average Bonchev–Trinajstić information content (AvgIpc) is 2.73. The third-order valence-electron chi connectivity index (χ3n) is 1.99. The van der Waals surface area contributed by atoms with Crippen molar-refractivity contribution in [1.82, 2.24) is 10.5 Å². The quantitative estimate of drug-likeness (QED) is 0.725. The molecule has 1 N–H and O–H groups in total. The SMILES string of the molecule is CCOC(CNC(=O)c1cc(C)no1)OCC. The molecule has 0 bridgehead atoms. The van der Waals surface area contributed by atoms with Crippen LogP contribution in [0.15, 0.2) is 10.6 Å². The number of hydrogen-bond donors (Lipinski definition) is 1. The number of rotatable bonds is 7. The number of hydrogen-bond acceptors (Lipinski definition) is 5. The van der Waals surface area contributed by atoms with E-state index in [1.807, 2.05) is 13.8 Å². The van der Waals surface area contributed by atoms with Crippen molar-refractivity contribution in [3.8, 4) is 0 Å². The van der Waals surface area contributed by atoms with E-state index in [9.17, 15) is 4.79 Å². The lowest BCUT2D eigenvalue weighted by Gasteiger charge is -2.16. The van der Waals surface area contributed by atoms with E-state index in [1.165, 1.54) is 0 Å². The Morgan fingerprint density at radius 1 is 1.47 bits per heavy atom. The van der Waals surface area contributed by atoms with E-state index in [4.69, 9.17) is 14.0 Å². The smallest absolute Gasteiger partial charge is 0.290 e. The monoisotopic (exact) mass is 242 g/mol. The molecule has 0 aromatic carbocycles. The Labute approximate surface area is 100 Å². The van der Waals surface area contributed by atoms with Gasteiger partial charge in [0.25, 0.3) is 5.91 Å². The number of amides is 1. The molecule has 0 saturated heterocycles. The fourth-order valence-electron chi connectivity index (χ4n) is 1.27. The zero-order chi connectivity index (χ0) is 12.7. The predicted molar refractivity (Wildman–Crippen MR) is 60.6 cm³/mol. The summed E-state index contributed by atoms with van der Waals surface area (Å²) in [5.74, 6) is -0.135. The highest BCUT2D eigenvalue weighted by molar-refractivity contribution is 5.91. The first-order valence-electron chi connectivity index (χ1n) is 5.62. The number of aromatic nitrogens is 1. The Hall–Kier alpha value is -1.40. The van der Waals surface area contributed by atoms with Gasteiger partial charge < -0.3 is 19.3 Å². The minimum atomic E-state index is -0.432. The van der Waals surface area contributed by atoms with Crippen LogP contribution in [-0.4, -0.2) is 37.1 Å². The maximum atomic E-state index is 11.6. The van der Waals surface area contributed by atoms with Gasteiger partial charge in [-0.3, -0.25) is 4.79 Å². The molecule has 0 spiro atoms. The van der Waals surface area contributed by atoms with Crippen LogP contribution in [0.4, 0.5) is 0 Å². The summed E-state index contributed by atoms with van der Waals surface area (Å²) in [5.41, 5.74) is 0.668. The summed E-state index contributed by atoms with van der Waals surface area (Å²) < 4.78 is 15.4. The van der Waals surface area contributed by atoms with Crippen LogP contribution in [0, 0.1) is 6.92 Å². The Morgan fingerprint density at radius 3 is 2.59 bits per heavy atom. The van der Waals surface area contributed by atoms with Crippen LogP contribution in [0.25, 0.3) is 0 Å². The molecule has 96 valence electrons. The van der Waals surface area contributed by atoms with Crippen molar-refractivity contribution in [3.05, 3.63) is 17.5 Å². The standard InChI is InChI=1S/C11H18N2O4/c1-4-15-10(16-5-2)7-12-11(14)9-6-8(3)13-17-9/h6,10H,4-5,7H2,1-3H3,(H,12,14). The maximum absolute atomic E-state index is 11.6. The molecule has 17 heavy (non-hydrogen) atoms. The summed E-state index contributed by atoms with van der Waals surface area (Å²) in [6.45, 7) is 6.83. The number of aryl methyl sites for hydroxylation is 1. The lowest BCUT2D eigenvalue weighted by molar-refractivity contribution is -0.131. The summed E-state index contributed by atoms with van der Waals surface area (Å²) in [5, 5.41) is 6.30. The third kappa shape index (κ3) is 4.54. The molecule has 1 rings (SSSR count). The summed E-state index contributed by atoms with van der Waals surface area (Å²) in [4.78, 5) is 11.6. The van der Waals surface area contributed by atoms with E-state index in [2.05, 4.69) is 10.5 Å². The van der Waals surface area contributed by atoms with E-state index in [0.29, 0.717) is 18.9 Å². The molecule has 0 saturated carbocycles.